The summed E-state index contributed by atoms with van der Waals surface area (Å²) in [6.07, 6.45) is -2.98. The van der Waals surface area contributed by atoms with Crippen molar-refractivity contribution >= 4 is 17.5 Å². The van der Waals surface area contributed by atoms with Crippen LogP contribution in [0.5, 0.6) is 0 Å². The van der Waals surface area contributed by atoms with E-state index in [1.54, 1.807) is 0 Å². The minimum Gasteiger partial charge on any atom is -0.349 e. The zero-order valence-corrected chi connectivity index (χ0v) is 13.1. The summed E-state index contributed by atoms with van der Waals surface area (Å²) in [4.78, 5) is 24.1. The third-order valence-corrected chi connectivity index (χ3v) is 3.24. The molecular formula is C18H15F3N2O2. The molecule has 0 aliphatic heterocycles. The SMILES string of the molecule is C=CCNC(=O)c1cccc(C(=O)Nc2cccc(C(F)(F)F)c2)c1. The molecule has 7 heteroatoms. The van der Waals surface area contributed by atoms with Crippen LogP contribution in [0.4, 0.5) is 18.9 Å². The molecule has 0 saturated carbocycles. The highest BCUT2D eigenvalue weighted by molar-refractivity contribution is 6.06. The van der Waals surface area contributed by atoms with Gasteiger partial charge in [-0.2, -0.15) is 13.2 Å². The Labute approximate surface area is 142 Å². The topological polar surface area (TPSA) is 58.2 Å². The molecule has 0 aromatic heterocycles. The summed E-state index contributed by atoms with van der Waals surface area (Å²) in [6.45, 7) is 3.76. The van der Waals surface area contributed by atoms with E-state index in [0.717, 1.165) is 12.1 Å². The Morgan fingerprint density at radius 2 is 1.64 bits per heavy atom. The highest BCUT2D eigenvalue weighted by atomic mass is 19.4. The van der Waals surface area contributed by atoms with Crippen LogP contribution in [0.1, 0.15) is 26.3 Å². The van der Waals surface area contributed by atoms with Gasteiger partial charge >= 0.3 is 6.18 Å². The lowest BCUT2D eigenvalue weighted by Gasteiger charge is -2.10. The maximum absolute atomic E-state index is 12.7. The van der Waals surface area contributed by atoms with Crippen LogP contribution in [-0.4, -0.2) is 18.4 Å². The molecule has 0 radical (unpaired) electrons. The van der Waals surface area contributed by atoms with Gasteiger partial charge in [0.05, 0.1) is 5.56 Å². The molecule has 130 valence electrons. The summed E-state index contributed by atoms with van der Waals surface area (Å²) >= 11 is 0. The number of amides is 2. The number of carbonyl (C=O) groups excluding carboxylic acids is 2. The molecule has 0 spiro atoms. The second kappa shape index (κ2) is 7.65. The van der Waals surface area contributed by atoms with Crippen molar-refractivity contribution in [3.8, 4) is 0 Å². The van der Waals surface area contributed by atoms with E-state index in [4.69, 9.17) is 0 Å². The van der Waals surface area contributed by atoms with Crippen LogP contribution < -0.4 is 10.6 Å². The van der Waals surface area contributed by atoms with Gasteiger partial charge in [0.15, 0.2) is 0 Å². The van der Waals surface area contributed by atoms with Crippen molar-refractivity contribution in [2.24, 2.45) is 0 Å². The standard InChI is InChI=1S/C18H15F3N2O2/c1-2-9-22-16(24)12-5-3-6-13(10-12)17(25)23-15-8-4-7-14(11-15)18(19,20)21/h2-8,10-11H,1,9H2,(H,22,24)(H,23,25). The summed E-state index contributed by atoms with van der Waals surface area (Å²) in [5, 5.41) is 4.97. The predicted molar refractivity (Wildman–Crippen MR) is 88.4 cm³/mol. The van der Waals surface area contributed by atoms with Gasteiger partial charge in [0.25, 0.3) is 11.8 Å². The van der Waals surface area contributed by atoms with Gasteiger partial charge in [-0.1, -0.05) is 18.2 Å². The van der Waals surface area contributed by atoms with Gasteiger partial charge in [-0.25, -0.2) is 0 Å². The Bertz CT molecular complexity index is 801. The maximum atomic E-state index is 12.7. The Hall–Kier alpha value is -3.09. The lowest BCUT2D eigenvalue weighted by atomic mass is 10.1. The monoisotopic (exact) mass is 348 g/mol. The Balaban J connectivity index is 2.16. The Kier molecular flexibility index (Phi) is 5.59. The second-order valence-corrected chi connectivity index (χ2v) is 5.11. The van der Waals surface area contributed by atoms with Crippen LogP contribution in [0, 0.1) is 0 Å². The normalized spacial score (nSPS) is 10.8. The largest absolute Gasteiger partial charge is 0.416 e. The van der Waals surface area contributed by atoms with Crippen molar-refractivity contribution in [2.75, 3.05) is 11.9 Å². The van der Waals surface area contributed by atoms with Crippen LogP contribution in [0.2, 0.25) is 0 Å². The fourth-order valence-electron chi connectivity index (χ4n) is 2.05. The van der Waals surface area contributed by atoms with E-state index in [0.29, 0.717) is 0 Å². The molecule has 0 fully saturated rings. The van der Waals surface area contributed by atoms with Crippen LogP contribution >= 0.6 is 0 Å². The number of carbonyl (C=O) groups is 2. The van der Waals surface area contributed by atoms with Crippen molar-refractivity contribution in [3.63, 3.8) is 0 Å². The summed E-state index contributed by atoms with van der Waals surface area (Å²) in [5.41, 5.74) is -0.425. The van der Waals surface area contributed by atoms with Gasteiger partial charge in [-0.15, -0.1) is 6.58 Å². The van der Waals surface area contributed by atoms with Crippen LogP contribution in [-0.2, 0) is 6.18 Å². The lowest BCUT2D eigenvalue weighted by molar-refractivity contribution is -0.137. The van der Waals surface area contributed by atoms with Gasteiger partial charge in [-0.05, 0) is 36.4 Å². The number of hydrogen-bond acceptors (Lipinski definition) is 2. The Morgan fingerprint density at radius 1 is 1.00 bits per heavy atom. The van der Waals surface area contributed by atoms with E-state index in [2.05, 4.69) is 17.2 Å². The molecule has 25 heavy (non-hydrogen) atoms. The summed E-state index contributed by atoms with van der Waals surface area (Å²) in [6, 6.07) is 10.2. The molecule has 0 aliphatic rings. The molecule has 0 aliphatic carbocycles. The number of benzene rings is 2. The van der Waals surface area contributed by atoms with E-state index < -0.39 is 17.6 Å². The van der Waals surface area contributed by atoms with Crippen LogP contribution in [0.15, 0.2) is 61.2 Å². The average Bonchev–Trinajstić information content (AvgIpc) is 2.59. The smallest absolute Gasteiger partial charge is 0.349 e. The van der Waals surface area contributed by atoms with Gasteiger partial charge in [0.2, 0.25) is 0 Å². The van der Waals surface area contributed by atoms with Crippen molar-refractivity contribution in [3.05, 3.63) is 77.9 Å². The molecule has 0 bridgehead atoms. The first-order valence-corrected chi connectivity index (χ1v) is 7.29. The van der Waals surface area contributed by atoms with Crippen LogP contribution in [0.3, 0.4) is 0 Å². The van der Waals surface area contributed by atoms with Gasteiger partial charge in [0, 0.05) is 23.4 Å². The quantitative estimate of drug-likeness (QED) is 0.806. The van der Waals surface area contributed by atoms with Crippen molar-refractivity contribution in [1.29, 1.82) is 0 Å². The number of halogens is 3. The number of nitrogens with one attached hydrogen (secondary N) is 2. The van der Waals surface area contributed by atoms with E-state index in [-0.39, 0.29) is 29.3 Å². The van der Waals surface area contributed by atoms with E-state index in [1.807, 2.05) is 0 Å². The first-order chi connectivity index (χ1) is 11.8. The fourth-order valence-corrected chi connectivity index (χ4v) is 2.05. The van der Waals surface area contributed by atoms with E-state index >= 15 is 0 Å². The van der Waals surface area contributed by atoms with Crippen molar-refractivity contribution in [1.82, 2.24) is 5.32 Å². The molecule has 2 N–H and O–H groups in total. The number of rotatable bonds is 5. The molecule has 0 atom stereocenters. The average molecular weight is 348 g/mol. The minimum atomic E-state index is -4.50. The number of hydrogen-bond donors (Lipinski definition) is 2. The van der Waals surface area contributed by atoms with E-state index in [9.17, 15) is 22.8 Å². The highest BCUT2D eigenvalue weighted by Gasteiger charge is 2.30. The molecular weight excluding hydrogens is 333 g/mol. The summed E-state index contributed by atoms with van der Waals surface area (Å²) < 4.78 is 38.1. The van der Waals surface area contributed by atoms with Crippen molar-refractivity contribution in [2.45, 2.75) is 6.18 Å². The van der Waals surface area contributed by atoms with Crippen molar-refractivity contribution < 1.29 is 22.8 Å². The third kappa shape index (κ3) is 4.94. The molecule has 4 nitrogen and oxygen atoms in total. The zero-order chi connectivity index (χ0) is 18.4. The molecule has 0 saturated heterocycles. The minimum absolute atomic E-state index is 0.0151. The molecule has 0 heterocycles. The Morgan fingerprint density at radius 3 is 2.28 bits per heavy atom. The zero-order valence-electron chi connectivity index (χ0n) is 13.1. The first-order valence-electron chi connectivity index (χ1n) is 7.29. The highest BCUT2D eigenvalue weighted by Crippen LogP contribution is 2.30. The molecule has 2 rings (SSSR count). The maximum Gasteiger partial charge on any atom is 0.416 e. The lowest BCUT2D eigenvalue weighted by Crippen LogP contribution is -2.23. The number of alkyl halides is 3. The summed E-state index contributed by atoms with van der Waals surface area (Å²) in [5.74, 6) is -0.994. The molecule has 2 aromatic rings. The number of anilines is 1. The predicted octanol–water partition coefficient (Wildman–Crippen LogP) is 3.87. The first kappa shape index (κ1) is 18.3. The molecule has 2 amide bonds. The van der Waals surface area contributed by atoms with Crippen LogP contribution in [0.25, 0.3) is 0 Å². The van der Waals surface area contributed by atoms with Gasteiger partial charge < -0.3 is 10.6 Å². The molecule has 2 aromatic carbocycles. The van der Waals surface area contributed by atoms with E-state index in [1.165, 1.54) is 42.5 Å². The molecule has 0 unspecified atom stereocenters. The van der Waals surface area contributed by atoms with Gasteiger partial charge in [0.1, 0.15) is 0 Å². The summed E-state index contributed by atoms with van der Waals surface area (Å²) in [7, 11) is 0. The third-order valence-electron chi connectivity index (χ3n) is 3.24. The fraction of sp³-hybridized carbons (Fsp3) is 0.111. The second-order valence-electron chi connectivity index (χ2n) is 5.11. The van der Waals surface area contributed by atoms with Gasteiger partial charge in [-0.3, -0.25) is 9.59 Å².